The minimum atomic E-state index is -1.13. The summed E-state index contributed by atoms with van der Waals surface area (Å²) in [5.41, 5.74) is 9.01. The van der Waals surface area contributed by atoms with Gasteiger partial charge in [0, 0.05) is 0 Å². The summed E-state index contributed by atoms with van der Waals surface area (Å²) in [6.45, 7) is -0.474. The molecule has 4 aromatic rings. The molecule has 0 radical (unpaired) electrons. The quantitative estimate of drug-likeness (QED) is 0.424. The van der Waals surface area contributed by atoms with Gasteiger partial charge in [0.25, 0.3) is 0 Å². The summed E-state index contributed by atoms with van der Waals surface area (Å²) in [6.07, 6.45) is 3.34. The third kappa shape index (κ3) is 4.06. The molecule has 4 rings (SSSR count). The summed E-state index contributed by atoms with van der Waals surface area (Å²) in [5, 5.41) is 10.9. The summed E-state index contributed by atoms with van der Waals surface area (Å²) in [4.78, 5) is 31.9. The Morgan fingerprint density at radius 3 is 2.20 bits per heavy atom. The molecule has 0 aliphatic rings. The minimum Gasteiger partial charge on any atom is -0.480 e. The highest BCUT2D eigenvalue weighted by atomic mass is 16.4. The lowest BCUT2D eigenvalue weighted by atomic mass is 10.0. The molecule has 3 aromatic heterocycles. The van der Waals surface area contributed by atoms with Crippen LogP contribution >= 0.6 is 0 Å². The summed E-state index contributed by atoms with van der Waals surface area (Å²) in [5.74, 6) is -0.551. The van der Waals surface area contributed by atoms with Crippen molar-refractivity contribution in [2.24, 2.45) is 5.73 Å². The summed E-state index contributed by atoms with van der Waals surface area (Å²) in [6, 6.07) is 11.6. The highest BCUT2D eigenvalue weighted by Gasteiger charge is 2.19. The molecular formula is C21H18N4O5. The van der Waals surface area contributed by atoms with E-state index >= 15 is 0 Å². The van der Waals surface area contributed by atoms with Gasteiger partial charge in [0.2, 0.25) is 5.91 Å². The van der Waals surface area contributed by atoms with Crippen LogP contribution in [0.1, 0.15) is 5.56 Å². The third-order valence-electron chi connectivity index (χ3n) is 4.44. The number of aliphatic carboxylic acids is 1. The van der Waals surface area contributed by atoms with Crippen molar-refractivity contribution in [3.8, 4) is 22.9 Å². The molecule has 4 N–H and O–H groups in total. The molecule has 0 saturated heterocycles. The predicted molar refractivity (Wildman–Crippen MR) is 107 cm³/mol. The largest absolute Gasteiger partial charge is 0.480 e. The number of aromatic nitrogens is 2. The van der Waals surface area contributed by atoms with Crippen molar-refractivity contribution in [3.05, 3.63) is 60.6 Å². The molecule has 0 saturated carbocycles. The monoisotopic (exact) mass is 406 g/mol. The number of carbonyl (C=O) groups is 2. The third-order valence-corrected chi connectivity index (χ3v) is 4.44. The highest BCUT2D eigenvalue weighted by Crippen LogP contribution is 2.31. The summed E-state index contributed by atoms with van der Waals surface area (Å²) in [7, 11) is 0. The van der Waals surface area contributed by atoms with Crippen molar-refractivity contribution in [1.82, 2.24) is 15.3 Å². The molecule has 9 heteroatoms. The fourth-order valence-corrected chi connectivity index (χ4v) is 3.04. The second kappa shape index (κ2) is 8.18. The van der Waals surface area contributed by atoms with Crippen molar-refractivity contribution in [1.29, 1.82) is 0 Å². The maximum Gasteiger partial charge on any atom is 0.322 e. The average Bonchev–Trinajstić information content (AvgIpc) is 3.45. The average molecular weight is 406 g/mol. The van der Waals surface area contributed by atoms with Gasteiger partial charge < -0.3 is 25.0 Å². The lowest BCUT2D eigenvalue weighted by Gasteiger charge is -2.12. The van der Waals surface area contributed by atoms with Gasteiger partial charge in [-0.1, -0.05) is 6.07 Å². The van der Waals surface area contributed by atoms with Crippen LogP contribution in [0.4, 0.5) is 0 Å². The molecule has 9 nitrogen and oxygen atoms in total. The van der Waals surface area contributed by atoms with Gasteiger partial charge in [-0.15, -0.1) is 0 Å². The van der Waals surface area contributed by atoms with Crippen LogP contribution in [0.5, 0.6) is 0 Å². The number of carboxylic acid groups (broad SMARTS) is 1. The van der Waals surface area contributed by atoms with Gasteiger partial charge in [-0.3, -0.25) is 9.59 Å². The maximum atomic E-state index is 12.0. The topological polar surface area (TPSA) is 144 Å². The van der Waals surface area contributed by atoms with Crippen LogP contribution in [0.15, 0.2) is 63.8 Å². The minimum absolute atomic E-state index is 0.221. The number of carbonyl (C=O) groups excluding carboxylic acids is 1. The number of rotatable bonds is 7. The van der Waals surface area contributed by atoms with Gasteiger partial charge in [0.1, 0.15) is 17.9 Å². The van der Waals surface area contributed by atoms with E-state index in [1.54, 1.807) is 55.0 Å². The molecule has 0 aliphatic carbocycles. The molecule has 0 fully saturated rings. The van der Waals surface area contributed by atoms with E-state index in [1.807, 2.05) is 0 Å². The number of benzene rings is 1. The smallest absolute Gasteiger partial charge is 0.322 e. The molecule has 1 aromatic carbocycles. The molecule has 30 heavy (non-hydrogen) atoms. The van der Waals surface area contributed by atoms with Crippen LogP contribution in [0.2, 0.25) is 0 Å². The first-order valence-electron chi connectivity index (χ1n) is 9.15. The molecular weight excluding hydrogens is 388 g/mol. The normalized spacial score (nSPS) is 12.0. The van der Waals surface area contributed by atoms with Gasteiger partial charge in [-0.25, -0.2) is 9.97 Å². The van der Waals surface area contributed by atoms with Crippen molar-refractivity contribution < 1.29 is 23.5 Å². The second-order valence-electron chi connectivity index (χ2n) is 6.62. The predicted octanol–water partition coefficient (Wildman–Crippen LogP) is 2.22. The van der Waals surface area contributed by atoms with Gasteiger partial charge in [0.15, 0.2) is 11.5 Å². The van der Waals surface area contributed by atoms with Crippen LogP contribution in [0, 0.1) is 0 Å². The van der Waals surface area contributed by atoms with Crippen LogP contribution in [0.3, 0.4) is 0 Å². The number of nitrogens with one attached hydrogen (secondary N) is 1. The maximum absolute atomic E-state index is 12.0. The van der Waals surface area contributed by atoms with Crippen molar-refractivity contribution in [3.63, 3.8) is 0 Å². The lowest BCUT2D eigenvalue weighted by molar-refractivity contribution is -0.138. The summed E-state index contributed by atoms with van der Waals surface area (Å²) >= 11 is 0. The van der Waals surface area contributed by atoms with E-state index in [4.69, 9.17) is 24.7 Å². The van der Waals surface area contributed by atoms with Gasteiger partial charge in [-0.2, -0.15) is 0 Å². The van der Waals surface area contributed by atoms with E-state index in [1.165, 1.54) is 0 Å². The number of nitrogens with zero attached hydrogens (tertiary/aromatic N) is 2. The number of furan rings is 2. The Bertz CT molecular complexity index is 1190. The first-order chi connectivity index (χ1) is 14.5. The Balaban J connectivity index is 1.67. The Morgan fingerprint density at radius 1 is 1.00 bits per heavy atom. The molecule has 0 spiro atoms. The number of amides is 1. The molecule has 0 bridgehead atoms. The number of hydrogen-bond donors (Lipinski definition) is 3. The molecule has 0 unspecified atom stereocenters. The zero-order valence-electron chi connectivity index (χ0n) is 15.7. The standard InChI is InChI=1S/C21H18N4O5/c22-13(21(28)23-11-18(26)27)9-12-5-6-14-15(10-12)25-20(17-4-2-8-30-17)19(24-14)16-3-1-7-29-16/h1-8,10,13H,9,11,22H2,(H,23,28)(H,26,27)/t13-/m0/s1. The van der Waals surface area contributed by atoms with Crippen LogP contribution in [-0.4, -0.2) is 39.5 Å². The van der Waals surface area contributed by atoms with E-state index in [0.717, 1.165) is 5.56 Å². The Hall–Kier alpha value is -3.98. The second-order valence-corrected chi connectivity index (χ2v) is 6.62. The Morgan fingerprint density at radius 2 is 1.63 bits per heavy atom. The van der Waals surface area contributed by atoms with Crippen molar-refractivity contribution in [2.75, 3.05) is 6.54 Å². The summed E-state index contributed by atoms with van der Waals surface area (Å²) < 4.78 is 11.0. The van der Waals surface area contributed by atoms with E-state index in [2.05, 4.69) is 10.3 Å². The fourth-order valence-electron chi connectivity index (χ4n) is 3.04. The lowest BCUT2D eigenvalue weighted by Crippen LogP contribution is -2.43. The van der Waals surface area contributed by atoms with Crippen molar-refractivity contribution >= 4 is 22.9 Å². The zero-order chi connectivity index (χ0) is 21.1. The number of hydrogen-bond acceptors (Lipinski definition) is 7. The fraction of sp³-hybridized carbons (Fsp3) is 0.143. The molecule has 1 amide bonds. The van der Waals surface area contributed by atoms with Gasteiger partial charge >= 0.3 is 5.97 Å². The van der Waals surface area contributed by atoms with E-state index in [0.29, 0.717) is 33.9 Å². The number of nitrogens with two attached hydrogens (primary N) is 1. The number of carboxylic acids is 1. The molecule has 3 heterocycles. The molecule has 152 valence electrons. The zero-order valence-corrected chi connectivity index (χ0v) is 15.7. The van der Waals surface area contributed by atoms with Gasteiger partial charge in [-0.05, 0) is 48.4 Å². The van der Waals surface area contributed by atoms with E-state index < -0.39 is 24.5 Å². The SMILES string of the molecule is N[C@@H](Cc1ccc2nc(-c3ccco3)c(-c3ccco3)nc2c1)C(=O)NCC(=O)O. The van der Waals surface area contributed by atoms with Crippen molar-refractivity contribution in [2.45, 2.75) is 12.5 Å². The number of fused-ring (bicyclic) bond motifs is 1. The molecule has 1 atom stereocenters. The first kappa shape index (κ1) is 19.3. The highest BCUT2D eigenvalue weighted by molar-refractivity contribution is 5.86. The van der Waals surface area contributed by atoms with Crippen LogP contribution < -0.4 is 11.1 Å². The Labute approximate surface area is 170 Å². The van der Waals surface area contributed by atoms with Crippen LogP contribution in [0.25, 0.3) is 33.9 Å². The Kier molecular flexibility index (Phi) is 5.27. The first-order valence-corrected chi connectivity index (χ1v) is 9.15. The van der Waals surface area contributed by atoms with Crippen LogP contribution in [-0.2, 0) is 16.0 Å². The van der Waals surface area contributed by atoms with E-state index in [-0.39, 0.29) is 6.42 Å². The molecule has 0 aliphatic heterocycles. The van der Waals surface area contributed by atoms with E-state index in [9.17, 15) is 9.59 Å². The van der Waals surface area contributed by atoms with Gasteiger partial charge in [0.05, 0.1) is 29.6 Å².